The van der Waals surface area contributed by atoms with Crippen LogP contribution in [0, 0.1) is 6.92 Å². The molecule has 10 nitrogen and oxygen atoms in total. The topological polar surface area (TPSA) is 137 Å². The number of hydrogen-bond acceptors (Lipinski definition) is 7. The maximum absolute atomic E-state index is 13.0. The molecule has 0 atom stereocenters. The van der Waals surface area contributed by atoms with E-state index in [2.05, 4.69) is 31.9 Å². The molecule has 0 saturated carbocycles. The number of carbonyl (C=O) groups excluding carboxylic acids is 1. The van der Waals surface area contributed by atoms with Gasteiger partial charge in [0, 0.05) is 37.4 Å². The van der Waals surface area contributed by atoms with Crippen LogP contribution in [0.4, 0.5) is 28.4 Å². The number of amides is 1. The van der Waals surface area contributed by atoms with Gasteiger partial charge in [-0.25, -0.2) is 21.6 Å². The van der Waals surface area contributed by atoms with Crippen molar-refractivity contribution in [2.75, 3.05) is 46.1 Å². The van der Waals surface area contributed by atoms with Crippen molar-refractivity contribution in [3.8, 4) is 0 Å². The quantitative estimate of drug-likeness (QED) is 0.121. The molecule has 4 N–H and O–H groups in total. The van der Waals surface area contributed by atoms with Crippen molar-refractivity contribution in [2.45, 2.75) is 64.2 Å². The lowest BCUT2D eigenvalue weighted by Gasteiger charge is -2.24. The summed E-state index contributed by atoms with van der Waals surface area (Å²) in [6.45, 7) is 7.64. The van der Waals surface area contributed by atoms with Gasteiger partial charge in [-0.05, 0) is 74.4 Å². The van der Waals surface area contributed by atoms with Crippen LogP contribution >= 0.6 is 0 Å². The van der Waals surface area contributed by atoms with E-state index in [0.29, 0.717) is 43.1 Å². The number of aryl methyl sites for hydroxylation is 1. The van der Waals surface area contributed by atoms with Crippen molar-refractivity contribution in [1.82, 2.24) is 4.72 Å². The number of sulfonamides is 2. The molecule has 3 rings (SSSR count). The molecule has 3 aromatic carbocycles. The maximum atomic E-state index is 13.0. The first-order chi connectivity index (χ1) is 20.9. The number of benzene rings is 3. The van der Waals surface area contributed by atoms with Crippen molar-refractivity contribution < 1.29 is 21.6 Å². The number of anilines is 5. The summed E-state index contributed by atoms with van der Waals surface area (Å²) in [5, 5.41) is 6.38. The lowest BCUT2D eigenvalue weighted by molar-refractivity contribution is -0.116. The van der Waals surface area contributed by atoms with E-state index in [0.717, 1.165) is 55.3 Å². The SMILES string of the molecule is CCCCCCCC(=O)Nc1cc(NS(=O)(=O)c2ccccc2)ccc1Nc1ccc(N(CC)CCNS(C)(=O)=O)cc1C. The highest BCUT2D eigenvalue weighted by atomic mass is 32.2. The largest absolute Gasteiger partial charge is 0.370 e. The van der Waals surface area contributed by atoms with Crippen LogP contribution in [0.1, 0.15) is 57.9 Å². The number of unbranched alkanes of at least 4 members (excludes halogenated alkanes) is 4. The van der Waals surface area contributed by atoms with Crippen molar-refractivity contribution >= 4 is 54.4 Å². The van der Waals surface area contributed by atoms with E-state index in [-0.39, 0.29) is 10.8 Å². The molecule has 12 heteroatoms. The molecule has 0 heterocycles. The number of carbonyl (C=O) groups is 1. The van der Waals surface area contributed by atoms with Gasteiger partial charge in [0.2, 0.25) is 15.9 Å². The van der Waals surface area contributed by atoms with Gasteiger partial charge in [-0.1, -0.05) is 50.8 Å². The Hall–Kier alpha value is -3.61. The van der Waals surface area contributed by atoms with Gasteiger partial charge in [0.15, 0.2) is 0 Å². The predicted octanol–water partition coefficient (Wildman–Crippen LogP) is 6.21. The minimum Gasteiger partial charge on any atom is -0.370 e. The summed E-state index contributed by atoms with van der Waals surface area (Å²) in [6.07, 6.45) is 6.64. The lowest BCUT2D eigenvalue weighted by Crippen LogP contribution is -2.34. The van der Waals surface area contributed by atoms with Crippen molar-refractivity contribution in [2.24, 2.45) is 0 Å². The molecule has 3 aromatic rings. The molecule has 0 aliphatic rings. The number of nitrogens with zero attached hydrogens (tertiary/aromatic N) is 1. The molecule has 0 bridgehead atoms. The van der Waals surface area contributed by atoms with Gasteiger partial charge < -0.3 is 15.5 Å². The third kappa shape index (κ3) is 11.1. The fraction of sp³-hybridized carbons (Fsp3) is 0.406. The second-order valence-corrected chi connectivity index (χ2v) is 14.3. The Balaban J connectivity index is 1.82. The van der Waals surface area contributed by atoms with Crippen molar-refractivity contribution in [3.05, 3.63) is 72.3 Å². The lowest BCUT2D eigenvalue weighted by atomic mass is 10.1. The van der Waals surface area contributed by atoms with Gasteiger partial charge in [0.1, 0.15) is 0 Å². The molecule has 44 heavy (non-hydrogen) atoms. The fourth-order valence-electron chi connectivity index (χ4n) is 4.70. The summed E-state index contributed by atoms with van der Waals surface area (Å²) < 4.78 is 54.0. The summed E-state index contributed by atoms with van der Waals surface area (Å²) in [7, 11) is -7.08. The minimum absolute atomic E-state index is 0.138. The molecule has 0 saturated heterocycles. The van der Waals surface area contributed by atoms with Crippen LogP contribution in [0.25, 0.3) is 0 Å². The fourth-order valence-corrected chi connectivity index (χ4v) is 6.23. The van der Waals surface area contributed by atoms with Crippen LogP contribution in [-0.2, 0) is 24.8 Å². The number of nitrogens with one attached hydrogen (secondary N) is 4. The number of hydrogen-bond donors (Lipinski definition) is 4. The molecule has 0 aromatic heterocycles. The van der Waals surface area contributed by atoms with E-state index in [9.17, 15) is 21.6 Å². The smallest absolute Gasteiger partial charge is 0.261 e. The van der Waals surface area contributed by atoms with Crippen LogP contribution in [-0.4, -0.2) is 48.6 Å². The van der Waals surface area contributed by atoms with E-state index >= 15 is 0 Å². The standard InChI is InChI=1S/C32H45N5O5S2/c1-5-7-8-9-13-16-32(38)35-31-24-26(36-44(41,42)28-14-11-10-12-15-28)17-19-30(31)34-29-20-18-27(23-25(29)3)37(6-2)22-21-33-43(4,39)40/h10-12,14-15,17-20,23-24,33-34,36H,5-9,13,16,21-22H2,1-4H3,(H,35,38). The Bertz CT molecular complexity index is 1600. The molecule has 0 aliphatic carbocycles. The van der Waals surface area contributed by atoms with Gasteiger partial charge in [-0.15, -0.1) is 0 Å². The van der Waals surface area contributed by atoms with Gasteiger partial charge in [-0.2, -0.15) is 0 Å². The van der Waals surface area contributed by atoms with Crippen molar-refractivity contribution in [1.29, 1.82) is 0 Å². The highest BCUT2D eigenvalue weighted by Gasteiger charge is 2.16. The summed E-state index contributed by atoms with van der Waals surface area (Å²) in [4.78, 5) is 15.1. The van der Waals surface area contributed by atoms with Crippen LogP contribution in [0.3, 0.4) is 0 Å². The van der Waals surface area contributed by atoms with E-state index in [1.807, 2.05) is 32.0 Å². The second-order valence-electron chi connectivity index (χ2n) is 10.8. The molecule has 0 fully saturated rings. The Labute approximate surface area is 262 Å². The molecule has 240 valence electrons. The number of rotatable bonds is 18. The highest BCUT2D eigenvalue weighted by Crippen LogP contribution is 2.32. The minimum atomic E-state index is -3.82. The van der Waals surface area contributed by atoms with Gasteiger partial charge >= 0.3 is 0 Å². The van der Waals surface area contributed by atoms with E-state index in [4.69, 9.17) is 0 Å². The summed E-state index contributed by atoms with van der Waals surface area (Å²) in [5.41, 5.74) is 4.11. The van der Waals surface area contributed by atoms with Crippen LogP contribution in [0.15, 0.2) is 71.6 Å². The zero-order valence-electron chi connectivity index (χ0n) is 26.0. The zero-order valence-corrected chi connectivity index (χ0v) is 27.7. The maximum Gasteiger partial charge on any atom is 0.261 e. The zero-order chi connectivity index (χ0) is 32.2. The first-order valence-electron chi connectivity index (χ1n) is 15.0. The Morgan fingerprint density at radius 1 is 0.818 bits per heavy atom. The average Bonchev–Trinajstić information content (AvgIpc) is 2.97. The van der Waals surface area contributed by atoms with Gasteiger partial charge in [-0.3, -0.25) is 9.52 Å². The summed E-state index contributed by atoms with van der Waals surface area (Å²) >= 11 is 0. The Morgan fingerprint density at radius 3 is 2.18 bits per heavy atom. The first kappa shape index (κ1) is 34.9. The Morgan fingerprint density at radius 2 is 1.52 bits per heavy atom. The van der Waals surface area contributed by atoms with Gasteiger partial charge in [0.25, 0.3) is 10.0 Å². The average molecular weight is 644 g/mol. The third-order valence-electron chi connectivity index (χ3n) is 7.08. The summed E-state index contributed by atoms with van der Waals surface area (Å²) in [5.74, 6) is -0.138. The Kier molecular flexibility index (Phi) is 13.0. The van der Waals surface area contributed by atoms with E-state index in [1.165, 1.54) is 12.1 Å². The molecular weight excluding hydrogens is 599 g/mol. The second kappa shape index (κ2) is 16.5. The summed E-state index contributed by atoms with van der Waals surface area (Å²) in [6, 6.07) is 19.0. The van der Waals surface area contributed by atoms with Crippen LogP contribution in [0.5, 0.6) is 0 Å². The molecular formula is C32H45N5O5S2. The molecule has 1 amide bonds. The molecule has 0 spiro atoms. The van der Waals surface area contributed by atoms with Crippen LogP contribution < -0.4 is 25.0 Å². The first-order valence-corrected chi connectivity index (χ1v) is 18.4. The molecule has 0 aliphatic heterocycles. The monoisotopic (exact) mass is 643 g/mol. The van der Waals surface area contributed by atoms with Gasteiger partial charge in [0.05, 0.1) is 28.2 Å². The molecule has 0 unspecified atom stereocenters. The number of likely N-dealkylation sites (N-methyl/N-ethyl adjacent to an activating group) is 1. The predicted molar refractivity (Wildman–Crippen MR) is 181 cm³/mol. The van der Waals surface area contributed by atoms with Crippen LogP contribution in [0.2, 0.25) is 0 Å². The molecule has 0 radical (unpaired) electrons. The normalized spacial score (nSPS) is 11.6. The van der Waals surface area contributed by atoms with E-state index in [1.54, 1.807) is 36.4 Å². The highest BCUT2D eigenvalue weighted by molar-refractivity contribution is 7.92. The third-order valence-corrected chi connectivity index (χ3v) is 9.20. The van der Waals surface area contributed by atoms with Crippen molar-refractivity contribution in [3.63, 3.8) is 0 Å². The van der Waals surface area contributed by atoms with E-state index < -0.39 is 20.0 Å².